The van der Waals surface area contributed by atoms with Crippen LogP contribution in [0.5, 0.6) is 0 Å². The fourth-order valence-corrected chi connectivity index (χ4v) is 3.90. The second-order valence-corrected chi connectivity index (χ2v) is 7.85. The zero-order chi connectivity index (χ0) is 19.2. The van der Waals surface area contributed by atoms with Crippen molar-refractivity contribution in [1.29, 1.82) is 0 Å². The molecule has 2 amide bonds. The number of nitrogens with one attached hydrogen (secondary N) is 1. The van der Waals surface area contributed by atoms with Gasteiger partial charge in [-0.25, -0.2) is 4.98 Å². The van der Waals surface area contributed by atoms with Crippen LogP contribution in [0.15, 0.2) is 29.9 Å². The van der Waals surface area contributed by atoms with Crippen LogP contribution in [-0.4, -0.2) is 65.3 Å². The summed E-state index contributed by atoms with van der Waals surface area (Å²) >= 11 is 1.54. The third-order valence-electron chi connectivity index (χ3n) is 4.54. The highest BCUT2D eigenvalue weighted by molar-refractivity contribution is 7.13. The van der Waals surface area contributed by atoms with Crippen LogP contribution in [0.4, 0.5) is 0 Å². The molecule has 2 aromatic heterocycles. The van der Waals surface area contributed by atoms with E-state index in [0.29, 0.717) is 26.1 Å². The molecule has 8 heteroatoms. The third-order valence-corrected chi connectivity index (χ3v) is 5.48. The molecule has 1 saturated heterocycles. The van der Waals surface area contributed by atoms with E-state index in [0.717, 1.165) is 29.2 Å². The minimum Gasteiger partial charge on any atom is -0.350 e. The molecule has 1 unspecified atom stereocenters. The molecule has 3 rings (SSSR count). The average molecular weight is 388 g/mol. The maximum absolute atomic E-state index is 12.4. The third kappa shape index (κ3) is 5.33. The predicted molar refractivity (Wildman–Crippen MR) is 105 cm³/mol. The van der Waals surface area contributed by atoms with Crippen molar-refractivity contribution in [2.24, 2.45) is 5.92 Å². The molecule has 1 fully saturated rings. The predicted octanol–water partition coefficient (Wildman–Crippen LogP) is 1.62. The Kier molecular flexibility index (Phi) is 6.52. The van der Waals surface area contributed by atoms with Crippen molar-refractivity contribution >= 4 is 23.2 Å². The minimum atomic E-state index is -0.268. The monoisotopic (exact) mass is 387 g/mol. The molecule has 1 N–H and O–H groups in total. The first-order chi connectivity index (χ1) is 13.0. The first-order valence-electron chi connectivity index (χ1n) is 9.08. The van der Waals surface area contributed by atoms with Crippen LogP contribution in [0.3, 0.4) is 0 Å². The van der Waals surface area contributed by atoms with Gasteiger partial charge in [-0.3, -0.25) is 14.6 Å². The van der Waals surface area contributed by atoms with Gasteiger partial charge >= 0.3 is 0 Å². The summed E-state index contributed by atoms with van der Waals surface area (Å²) in [6.07, 6.45) is 4.69. The van der Waals surface area contributed by atoms with Crippen LogP contribution in [0.25, 0.3) is 10.6 Å². The summed E-state index contributed by atoms with van der Waals surface area (Å²) in [7, 11) is 4.03. The molecular weight excluding hydrogens is 362 g/mol. The Morgan fingerprint density at radius 1 is 1.37 bits per heavy atom. The standard InChI is InChI=1S/C19H25N5O2S/c1-23(2)8-3-9-24-12-15(10-17(24)25)18(26)21-11-16-13-27-19(22-16)14-4-6-20-7-5-14/h4-7,13,15H,3,8-12H2,1-2H3,(H,21,26). The lowest BCUT2D eigenvalue weighted by atomic mass is 10.1. The van der Waals surface area contributed by atoms with Gasteiger partial charge in [-0.15, -0.1) is 11.3 Å². The Morgan fingerprint density at radius 3 is 2.89 bits per heavy atom. The molecule has 0 spiro atoms. The quantitative estimate of drug-likeness (QED) is 0.745. The average Bonchev–Trinajstić information content (AvgIpc) is 3.27. The number of nitrogens with zero attached hydrogens (tertiary/aromatic N) is 4. The van der Waals surface area contributed by atoms with E-state index in [1.165, 1.54) is 0 Å². The lowest BCUT2D eigenvalue weighted by Crippen LogP contribution is -2.33. The molecular formula is C19H25N5O2S. The number of carbonyl (C=O) groups is 2. The molecule has 27 heavy (non-hydrogen) atoms. The number of aromatic nitrogens is 2. The van der Waals surface area contributed by atoms with Crippen LogP contribution in [0.2, 0.25) is 0 Å². The molecule has 0 aromatic carbocycles. The lowest BCUT2D eigenvalue weighted by Gasteiger charge is -2.18. The minimum absolute atomic E-state index is 0.0718. The topological polar surface area (TPSA) is 78.4 Å². The largest absolute Gasteiger partial charge is 0.350 e. The maximum atomic E-state index is 12.4. The Hall–Kier alpha value is -2.32. The highest BCUT2D eigenvalue weighted by Crippen LogP contribution is 2.23. The van der Waals surface area contributed by atoms with Gasteiger partial charge in [0.05, 0.1) is 18.2 Å². The van der Waals surface area contributed by atoms with Gasteiger partial charge in [0.2, 0.25) is 11.8 Å². The van der Waals surface area contributed by atoms with E-state index in [1.807, 2.05) is 31.6 Å². The molecule has 3 heterocycles. The van der Waals surface area contributed by atoms with E-state index in [1.54, 1.807) is 28.6 Å². The van der Waals surface area contributed by atoms with E-state index in [4.69, 9.17) is 0 Å². The second kappa shape index (κ2) is 9.05. The van der Waals surface area contributed by atoms with Crippen molar-refractivity contribution in [1.82, 2.24) is 25.1 Å². The van der Waals surface area contributed by atoms with E-state index >= 15 is 0 Å². The summed E-state index contributed by atoms with van der Waals surface area (Å²) < 4.78 is 0. The number of pyridine rings is 1. The van der Waals surface area contributed by atoms with Crippen LogP contribution < -0.4 is 5.32 Å². The highest BCUT2D eigenvalue weighted by Gasteiger charge is 2.33. The van der Waals surface area contributed by atoms with Crippen molar-refractivity contribution in [2.45, 2.75) is 19.4 Å². The van der Waals surface area contributed by atoms with Gasteiger partial charge in [0.15, 0.2) is 0 Å². The number of amides is 2. The van der Waals surface area contributed by atoms with E-state index < -0.39 is 0 Å². The van der Waals surface area contributed by atoms with Crippen LogP contribution in [0.1, 0.15) is 18.5 Å². The van der Waals surface area contributed by atoms with Crippen LogP contribution in [0, 0.1) is 5.92 Å². The van der Waals surface area contributed by atoms with Crippen LogP contribution in [-0.2, 0) is 16.1 Å². The summed E-state index contributed by atoms with van der Waals surface area (Å²) in [5.74, 6) is -0.269. The SMILES string of the molecule is CN(C)CCCN1CC(C(=O)NCc2csc(-c3ccncc3)n2)CC1=O. The molecule has 0 aliphatic carbocycles. The van der Waals surface area contributed by atoms with Gasteiger partial charge in [-0.05, 0) is 39.2 Å². The number of carbonyl (C=O) groups excluding carboxylic acids is 2. The molecule has 144 valence electrons. The summed E-state index contributed by atoms with van der Waals surface area (Å²) in [5, 5.41) is 5.78. The molecule has 7 nitrogen and oxygen atoms in total. The van der Waals surface area contributed by atoms with Crippen molar-refractivity contribution in [3.63, 3.8) is 0 Å². The van der Waals surface area contributed by atoms with Crippen molar-refractivity contribution < 1.29 is 9.59 Å². The van der Waals surface area contributed by atoms with E-state index in [2.05, 4.69) is 20.2 Å². The highest BCUT2D eigenvalue weighted by atomic mass is 32.1. The van der Waals surface area contributed by atoms with Crippen LogP contribution >= 0.6 is 11.3 Å². The molecule has 0 bridgehead atoms. The summed E-state index contributed by atoms with van der Waals surface area (Å²) in [5.41, 5.74) is 1.84. The molecule has 0 saturated carbocycles. The lowest BCUT2D eigenvalue weighted by molar-refractivity contribution is -0.129. The normalized spacial score (nSPS) is 16.9. The first-order valence-corrected chi connectivity index (χ1v) is 9.96. The fourth-order valence-electron chi connectivity index (χ4n) is 3.08. The summed E-state index contributed by atoms with van der Waals surface area (Å²) in [4.78, 5) is 37.0. The maximum Gasteiger partial charge on any atom is 0.225 e. The van der Waals surface area contributed by atoms with Gasteiger partial charge in [-0.1, -0.05) is 0 Å². The molecule has 0 radical (unpaired) electrons. The number of hydrogen-bond acceptors (Lipinski definition) is 6. The number of hydrogen-bond donors (Lipinski definition) is 1. The molecule has 2 aromatic rings. The number of rotatable bonds is 8. The second-order valence-electron chi connectivity index (χ2n) is 7.00. The zero-order valence-electron chi connectivity index (χ0n) is 15.7. The van der Waals surface area contributed by atoms with Crippen molar-refractivity contribution in [2.75, 3.05) is 33.7 Å². The first kappa shape index (κ1) is 19.4. The molecule has 1 atom stereocenters. The van der Waals surface area contributed by atoms with Gasteiger partial charge in [0.1, 0.15) is 5.01 Å². The van der Waals surface area contributed by atoms with E-state index in [9.17, 15) is 9.59 Å². The summed E-state index contributed by atoms with van der Waals surface area (Å²) in [6.45, 7) is 2.54. The Bertz CT molecular complexity index is 777. The van der Waals surface area contributed by atoms with Crippen molar-refractivity contribution in [3.8, 4) is 10.6 Å². The van der Waals surface area contributed by atoms with Gasteiger partial charge in [0.25, 0.3) is 0 Å². The Morgan fingerprint density at radius 2 is 2.15 bits per heavy atom. The number of likely N-dealkylation sites (tertiary alicyclic amines) is 1. The Labute approximate surface area is 163 Å². The fraction of sp³-hybridized carbons (Fsp3) is 0.474. The van der Waals surface area contributed by atoms with Gasteiger partial charge in [-0.2, -0.15) is 0 Å². The zero-order valence-corrected chi connectivity index (χ0v) is 16.5. The molecule has 1 aliphatic heterocycles. The van der Waals surface area contributed by atoms with Crippen molar-refractivity contribution in [3.05, 3.63) is 35.6 Å². The molecule has 1 aliphatic rings. The number of thiazole rings is 1. The van der Waals surface area contributed by atoms with Gasteiger partial charge < -0.3 is 15.1 Å². The Balaban J connectivity index is 1.47. The van der Waals surface area contributed by atoms with E-state index in [-0.39, 0.29) is 17.7 Å². The van der Waals surface area contributed by atoms with Gasteiger partial charge in [0, 0.05) is 42.8 Å². The smallest absolute Gasteiger partial charge is 0.225 e. The summed E-state index contributed by atoms with van der Waals surface area (Å²) in [6, 6.07) is 3.83.